The molecule has 1 aromatic heterocycles. The normalized spacial score (nSPS) is 9.95. The Balaban J connectivity index is 2.12. The first kappa shape index (κ1) is 14.9. The van der Waals surface area contributed by atoms with E-state index in [0.717, 1.165) is 12.1 Å². The molecule has 21 heavy (non-hydrogen) atoms. The van der Waals surface area contributed by atoms with Gasteiger partial charge in [0.25, 0.3) is 17.5 Å². The smallest absolute Gasteiger partial charge is 0.267 e. The third-order valence-electron chi connectivity index (χ3n) is 2.43. The zero-order valence-corrected chi connectivity index (χ0v) is 11.9. The Morgan fingerprint density at radius 1 is 1.19 bits per heavy atom. The quantitative estimate of drug-likeness (QED) is 0.668. The van der Waals surface area contributed by atoms with Gasteiger partial charge in [-0.1, -0.05) is 17.7 Å². The lowest BCUT2D eigenvalue weighted by molar-refractivity contribution is -0.385. The summed E-state index contributed by atoms with van der Waals surface area (Å²) < 4.78 is 0. The highest BCUT2D eigenvalue weighted by molar-refractivity contribution is 7.12. The number of benzene rings is 1. The SMILES string of the molecule is O=C(NNC(=O)c1cc(Cl)ccc1[N+](=O)[O-])c1cccs1. The van der Waals surface area contributed by atoms with Crippen molar-refractivity contribution < 1.29 is 14.5 Å². The summed E-state index contributed by atoms with van der Waals surface area (Å²) in [5.41, 5.74) is 3.65. The number of hydrazine groups is 1. The zero-order chi connectivity index (χ0) is 15.4. The minimum Gasteiger partial charge on any atom is -0.267 e. The van der Waals surface area contributed by atoms with Crippen LogP contribution in [-0.2, 0) is 0 Å². The monoisotopic (exact) mass is 325 g/mol. The van der Waals surface area contributed by atoms with Gasteiger partial charge in [-0.05, 0) is 23.6 Å². The molecule has 0 aliphatic heterocycles. The molecule has 0 aliphatic carbocycles. The number of carbonyl (C=O) groups is 2. The number of hydrogen-bond donors (Lipinski definition) is 2. The average Bonchev–Trinajstić information content (AvgIpc) is 2.98. The van der Waals surface area contributed by atoms with E-state index in [1.54, 1.807) is 17.5 Å². The summed E-state index contributed by atoms with van der Waals surface area (Å²) in [6.07, 6.45) is 0. The van der Waals surface area contributed by atoms with Crippen LogP contribution in [0, 0.1) is 10.1 Å². The molecule has 2 amide bonds. The van der Waals surface area contributed by atoms with Gasteiger partial charge in [0.15, 0.2) is 0 Å². The molecule has 0 unspecified atom stereocenters. The predicted octanol–water partition coefficient (Wildman–Crippen LogP) is 2.38. The Morgan fingerprint density at radius 3 is 2.52 bits per heavy atom. The lowest BCUT2D eigenvalue weighted by Gasteiger charge is -2.07. The second kappa shape index (κ2) is 6.33. The van der Waals surface area contributed by atoms with E-state index >= 15 is 0 Å². The van der Waals surface area contributed by atoms with Crippen LogP contribution < -0.4 is 10.9 Å². The Morgan fingerprint density at radius 2 is 1.90 bits per heavy atom. The van der Waals surface area contributed by atoms with Gasteiger partial charge < -0.3 is 0 Å². The fourth-order valence-electron chi connectivity index (χ4n) is 1.50. The van der Waals surface area contributed by atoms with Crippen molar-refractivity contribution in [2.24, 2.45) is 0 Å². The minimum absolute atomic E-state index is 0.176. The first-order chi connectivity index (χ1) is 9.99. The minimum atomic E-state index is -0.825. The van der Waals surface area contributed by atoms with Crippen LogP contribution in [0.1, 0.15) is 20.0 Å². The van der Waals surface area contributed by atoms with Crippen molar-refractivity contribution >= 4 is 40.4 Å². The highest BCUT2D eigenvalue weighted by atomic mass is 35.5. The molecular weight excluding hydrogens is 318 g/mol. The fraction of sp³-hybridized carbons (Fsp3) is 0. The lowest BCUT2D eigenvalue weighted by atomic mass is 10.2. The van der Waals surface area contributed by atoms with Gasteiger partial charge >= 0.3 is 0 Å². The van der Waals surface area contributed by atoms with Gasteiger partial charge in [0, 0.05) is 11.1 Å². The summed E-state index contributed by atoms with van der Waals surface area (Å²) in [6.45, 7) is 0. The van der Waals surface area contributed by atoms with Crippen LogP contribution in [0.15, 0.2) is 35.7 Å². The number of nitro benzene ring substituents is 1. The largest absolute Gasteiger partial charge is 0.282 e. The molecule has 2 aromatic rings. The number of hydrogen-bond acceptors (Lipinski definition) is 5. The van der Waals surface area contributed by atoms with Gasteiger partial charge in [-0.15, -0.1) is 11.3 Å². The van der Waals surface area contributed by atoms with Crippen molar-refractivity contribution in [2.45, 2.75) is 0 Å². The number of amides is 2. The van der Waals surface area contributed by atoms with Crippen molar-refractivity contribution in [2.75, 3.05) is 0 Å². The average molecular weight is 326 g/mol. The molecule has 2 N–H and O–H groups in total. The fourth-order valence-corrected chi connectivity index (χ4v) is 2.29. The van der Waals surface area contributed by atoms with E-state index in [9.17, 15) is 19.7 Å². The summed E-state index contributed by atoms with van der Waals surface area (Å²) >= 11 is 6.92. The van der Waals surface area contributed by atoms with Gasteiger partial charge in [-0.25, -0.2) is 0 Å². The zero-order valence-electron chi connectivity index (χ0n) is 10.3. The number of halogens is 1. The van der Waals surface area contributed by atoms with Crippen LogP contribution in [0.2, 0.25) is 5.02 Å². The Labute approximate surface area is 127 Å². The molecule has 0 spiro atoms. The predicted molar refractivity (Wildman–Crippen MR) is 77.4 cm³/mol. The van der Waals surface area contributed by atoms with Crippen molar-refractivity contribution in [1.82, 2.24) is 10.9 Å². The molecule has 0 aliphatic rings. The van der Waals surface area contributed by atoms with Gasteiger partial charge in [0.1, 0.15) is 5.56 Å². The summed E-state index contributed by atoms with van der Waals surface area (Å²) in [4.78, 5) is 34.1. The van der Waals surface area contributed by atoms with Crippen molar-refractivity contribution in [3.05, 3.63) is 61.3 Å². The maximum absolute atomic E-state index is 11.9. The van der Waals surface area contributed by atoms with Crippen molar-refractivity contribution in [1.29, 1.82) is 0 Å². The second-order valence-electron chi connectivity index (χ2n) is 3.80. The Hall–Kier alpha value is -2.45. The lowest BCUT2D eigenvalue weighted by Crippen LogP contribution is -2.41. The summed E-state index contributed by atoms with van der Waals surface area (Å²) in [6, 6.07) is 6.85. The van der Waals surface area contributed by atoms with E-state index in [0.29, 0.717) is 4.88 Å². The van der Waals surface area contributed by atoms with Crippen LogP contribution in [0.5, 0.6) is 0 Å². The highest BCUT2D eigenvalue weighted by Crippen LogP contribution is 2.22. The summed E-state index contributed by atoms with van der Waals surface area (Å²) in [5, 5.41) is 12.7. The molecule has 2 rings (SSSR count). The number of thiophene rings is 1. The maximum atomic E-state index is 11.9. The van der Waals surface area contributed by atoms with Gasteiger partial charge in [-0.3, -0.25) is 30.6 Å². The van der Waals surface area contributed by atoms with Gasteiger partial charge in [0.05, 0.1) is 9.80 Å². The molecular formula is C12H8ClN3O4S. The Bertz CT molecular complexity index is 703. The molecule has 7 nitrogen and oxygen atoms in total. The van der Waals surface area contributed by atoms with Crippen LogP contribution >= 0.6 is 22.9 Å². The molecule has 0 bridgehead atoms. The molecule has 0 saturated heterocycles. The molecule has 9 heteroatoms. The van der Waals surface area contributed by atoms with E-state index in [-0.39, 0.29) is 10.6 Å². The van der Waals surface area contributed by atoms with E-state index in [2.05, 4.69) is 10.9 Å². The molecule has 0 radical (unpaired) electrons. The molecule has 1 heterocycles. The van der Waals surface area contributed by atoms with Crippen LogP contribution in [0.25, 0.3) is 0 Å². The number of carbonyl (C=O) groups excluding carboxylic acids is 2. The van der Waals surface area contributed by atoms with E-state index in [1.165, 1.54) is 17.4 Å². The number of nitro groups is 1. The molecule has 0 fully saturated rings. The summed E-state index contributed by atoms with van der Waals surface area (Å²) in [5.74, 6) is -1.34. The van der Waals surface area contributed by atoms with Crippen LogP contribution in [-0.4, -0.2) is 16.7 Å². The molecule has 0 saturated carbocycles. The van der Waals surface area contributed by atoms with Gasteiger partial charge in [-0.2, -0.15) is 0 Å². The second-order valence-corrected chi connectivity index (χ2v) is 5.19. The van der Waals surface area contributed by atoms with Crippen LogP contribution in [0.4, 0.5) is 5.69 Å². The molecule has 0 atom stereocenters. The first-order valence-corrected chi connectivity index (χ1v) is 6.83. The van der Waals surface area contributed by atoms with Crippen LogP contribution in [0.3, 0.4) is 0 Å². The third-order valence-corrected chi connectivity index (χ3v) is 3.54. The number of nitrogens with zero attached hydrogens (tertiary/aromatic N) is 1. The molecule has 108 valence electrons. The van der Waals surface area contributed by atoms with E-state index in [4.69, 9.17) is 11.6 Å². The first-order valence-electron chi connectivity index (χ1n) is 5.57. The van der Waals surface area contributed by atoms with E-state index in [1.807, 2.05) is 0 Å². The third kappa shape index (κ3) is 3.56. The standard InChI is InChI=1S/C12H8ClN3O4S/c13-7-3-4-9(16(19)20)8(6-7)11(17)14-15-12(18)10-2-1-5-21-10/h1-6H,(H,14,17)(H,15,18). The van der Waals surface area contributed by atoms with Crippen molar-refractivity contribution in [3.63, 3.8) is 0 Å². The number of nitrogens with one attached hydrogen (secondary N) is 2. The number of rotatable bonds is 3. The highest BCUT2D eigenvalue weighted by Gasteiger charge is 2.21. The van der Waals surface area contributed by atoms with Crippen molar-refractivity contribution in [3.8, 4) is 0 Å². The van der Waals surface area contributed by atoms with E-state index < -0.39 is 22.4 Å². The Kier molecular flexibility index (Phi) is 4.51. The van der Waals surface area contributed by atoms with Gasteiger partial charge in [0.2, 0.25) is 0 Å². The summed E-state index contributed by atoms with van der Waals surface area (Å²) in [7, 11) is 0. The molecule has 1 aromatic carbocycles. The topological polar surface area (TPSA) is 101 Å². The maximum Gasteiger partial charge on any atom is 0.282 e.